The maximum absolute atomic E-state index is 12.3. The number of amides is 2. The van der Waals surface area contributed by atoms with Gasteiger partial charge in [0.2, 0.25) is 0 Å². The number of hydrogen-bond donors (Lipinski definition) is 2. The van der Waals surface area contributed by atoms with Crippen LogP contribution in [0.3, 0.4) is 0 Å². The van der Waals surface area contributed by atoms with Crippen LogP contribution in [0.1, 0.15) is 38.2 Å². The molecule has 1 aromatic rings. The molecule has 1 atom stereocenters. The summed E-state index contributed by atoms with van der Waals surface area (Å²) in [6.45, 7) is 4.95. The predicted molar refractivity (Wildman–Crippen MR) is 84.1 cm³/mol. The lowest BCUT2D eigenvalue weighted by atomic mass is 10.0. The van der Waals surface area contributed by atoms with Crippen molar-refractivity contribution < 1.29 is 9.90 Å². The third-order valence-corrected chi connectivity index (χ3v) is 4.22. The zero-order valence-corrected chi connectivity index (χ0v) is 13.5. The zero-order chi connectivity index (χ0) is 14.7. The topological polar surface area (TPSA) is 52.6 Å². The van der Waals surface area contributed by atoms with Crippen LogP contribution in [0, 0.1) is 0 Å². The van der Waals surface area contributed by atoms with Crippen molar-refractivity contribution >= 4 is 27.6 Å². The summed E-state index contributed by atoms with van der Waals surface area (Å²) >= 11 is 3.46. The summed E-state index contributed by atoms with van der Waals surface area (Å²) in [5.74, 6) is 0.329. The number of benzene rings is 1. The molecule has 5 heteroatoms. The molecule has 1 fully saturated rings. The number of urea groups is 1. The number of halogens is 1. The van der Waals surface area contributed by atoms with E-state index in [9.17, 15) is 9.90 Å². The second-order valence-electron chi connectivity index (χ2n) is 5.49. The van der Waals surface area contributed by atoms with Gasteiger partial charge in [0.1, 0.15) is 0 Å². The van der Waals surface area contributed by atoms with Crippen molar-refractivity contribution in [3.8, 4) is 0 Å². The van der Waals surface area contributed by atoms with Crippen molar-refractivity contribution in [3.63, 3.8) is 0 Å². The molecule has 4 nitrogen and oxygen atoms in total. The van der Waals surface area contributed by atoms with Crippen molar-refractivity contribution in [1.82, 2.24) is 4.90 Å². The van der Waals surface area contributed by atoms with Crippen LogP contribution in [-0.2, 0) is 0 Å². The number of aliphatic hydroxyl groups is 1. The van der Waals surface area contributed by atoms with Crippen molar-refractivity contribution in [2.24, 2.45) is 0 Å². The molecule has 1 aliphatic heterocycles. The average molecular weight is 341 g/mol. The van der Waals surface area contributed by atoms with Gasteiger partial charge < -0.3 is 15.3 Å². The molecule has 2 N–H and O–H groups in total. The number of carbonyl (C=O) groups is 1. The number of nitrogens with zero attached hydrogens (tertiary/aromatic N) is 1. The summed E-state index contributed by atoms with van der Waals surface area (Å²) in [7, 11) is 0. The van der Waals surface area contributed by atoms with Gasteiger partial charge in [0.25, 0.3) is 0 Å². The Balaban J connectivity index is 2.15. The van der Waals surface area contributed by atoms with E-state index in [0.717, 1.165) is 28.6 Å². The fourth-order valence-electron chi connectivity index (χ4n) is 2.60. The van der Waals surface area contributed by atoms with Crippen molar-refractivity contribution in [3.05, 3.63) is 28.2 Å². The zero-order valence-electron chi connectivity index (χ0n) is 11.9. The first-order valence-corrected chi connectivity index (χ1v) is 7.80. The lowest BCUT2D eigenvalue weighted by Gasteiger charge is -2.24. The molecule has 1 saturated heterocycles. The van der Waals surface area contributed by atoms with Crippen molar-refractivity contribution in [2.75, 3.05) is 18.5 Å². The number of hydrogen-bond acceptors (Lipinski definition) is 2. The molecule has 2 rings (SSSR count). The van der Waals surface area contributed by atoms with Gasteiger partial charge in [-0.05, 0) is 42.5 Å². The molecule has 0 radical (unpaired) electrons. The van der Waals surface area contributed by atoms with Crippen LogP contribution in [-0.4, -0.2) is 35.2 Å². The first-order chi connectivity index (χ1) is 9.52. The first-order valence-electron chi connectivity index (χ1n) is 7.01. The minimum Gasteiger partial charge on any atom is -0.394 e. The summed E-state index contributed by atoms with van der Waals surface area (Å²) in [6.07, 6.45) is 1.83. The molecule has 110 valence electrons. The normalized spacial score (nSPS) is 18.6. The van der Waals surface area contributed by atoms with Gasteiger partial charge in [0.15, 0.2) is 0 Å². The van der Waals surface area contributed by atoms with Gasteiger partial charge in [-0.3, -0.25) is 0 Å². The van der Waals surface area contributed by atoms with E-state index in [0.29, 0.717) is 12.5 Å². The maximum atomic E-state index is 12.3. The average Bonchev–Trinajstić information content (AvgIpc) is 2.89. The smallest absolute Gasteiger partial charge is 0.322 e. The van der Waals surface area contributed by atoms with E-state index in [-0.39, 0.29) is 18.7 Å². The summed E-state index contributed by atoms with van der Waals surface area (Å²) in [4.78, 5) is 14.1. The van der Waals surface area contributed by atoms with Gasteiger partial charge in [-0.2, -0.15) is 0 Å². The second kappa shape index (κ2) is 6.59. The lowest BCUT2D eigenvalue weighted by Crippen LogP contribution is -2.40. The molecule has 1 aromatic carbocycles. The van der Waals surface area contributed by atoms with E-state index in [1.165, 1.54) is 0 Å². The van der Waals surface area contributed by atoms with E-state index >= 15 is 0 Å². The Morgan fingerprint density at radius 3 is 2.95 bits per heavy atom. The number of carbonyl (C=O) groups excluding carboxylic acids is 1. The van der Waals surface area contributed by atoms with E-state index in [4.69, 9.17) is 0 Å². The van der Waals surface area contributed by atoms with Gasteiger partial charge in [0, 0.05) is 16.7 Å². The van der Waals surface area contributed by atoms with Gasteiger partial charge in [-0.1, -0.05) is 29.8 Å². The van der Waals surface area contributed by atoms with Gasteiger partial charge in [-0.15, -0.1) is 0 Å². The predicted octanol–water partition coefficient (Wildman–Crippen LogP) is 3.56. The Kier molecular flexibility index (Phi) is 5.05. The quantitative estimate of drug-likeness (QED) is 0.883. The van der Waals surface area contributed by atoms with Crippen LogP contribution in [0.5, 0.6) is 0 Å². The fourth-order valence-corrected chi connectivity index (χ4v) is 2.98. The number of nitrogens with one attached hydrogen (secondary N) is 1. The van der Waals surface area contributed by atoms with Crippen LogP contribution in [0.4, 0.5) is 10.5 Å². The fraction of sp³-hybridized carbons (Fsp3) is 0.533. The summed E-state index contributed by atoms with van der Waals surface area (Å²) < 4.78 is 1.01. The molecular formula is C15H21BrN2O2. The molecule has 20 heavy (non-hydrogen) atoms. The first kappa shape index (κ1) is 15.3. The lowest BCUT2D eigenvalue weighted by molar-refractivity contribution is 0.166. The molecule has 0 saturated carbocycles. The Morgan fingerprint density at radius 2 is 2.30 bits per heavy atom. The van der Waals surface area contributed by atoms with Crippen LogP contribution >= 0.6 is 15.9 Å². The Labute approximate surface area is 128 Å². The Hall–Kier alpha value is -1.07. The van der Waals surface area contributed by atoms with Crippen LogP contribution in [0.15, 0.2) is 22.7 Å². The highest BCUT2D eigenvalue weighted by atomic mass is 79.9. The number of anilines is 1. The monoisotopic (exact) mass is 340 g/mol. The SMILES string of the molecule is CC(C)c1cc(Br)ccc1NC(=O)N1CCCC1CO. The minimum atomic E-state index is -0.120. The molecule has 1 unspecified atom stereocenters. The summed E-state index contributed by atoms with van der Waals surface area (Å²) in [5.41, 5.74) is 1.95. The highest BCUT2D eigenvalue weighted by molar-refractivity contribution is 9.10. The summed E-state index contributed by atoms with van der Waals surface area (Å²) in [6, 6.07) is 5.71. The van der Waals surface area contributed by atoms with Gasteiger partial charge in [-0.25, -0.2) is 4.79 Å². The van der Waals surface area contributed by atoms with Gasteiger partial charge in [0.05, 0.1) is 12.6 Å². The molecule has 1 aliphatic rings. The van der Waals surface area contributed by atoms with Crippen molar-refractivity contribution in [1.29, 1.82) is 0 Å². The second-order valence-corrected chi connectivity index (χ2v) is 6.40. The van der Waals surface area contributed by atoms with Crippen LogP contribution < -0.4 is 5.32 Å². The third-order valence-electron chi connectivity index (χ3n) is 3.73. The highest BCUT2D eigenvalue weighted by Gasteiger charge is 2.28. The molecule has 0 aromatic heterocycles. The Morgan fingerprint density at radius 1 is 1.55 bits per heavy atom. The van der Waals surface area contributed by atoms with E-state index < -0.39 is 0 Å². The standard InChI is InChI=1S/C15H21BrN2O2/c1-10(2)13-8-11(16)5-6-14(13)17-15(20)18-7-3-4-12(18)9-19/h5-6,8,10,12,19H,3-4,7,9H2,1-2H3,(H,17,20). The van der Waals surface area contributed by atoms with E-state index in [1.54, 1.807) is 4.90 Å². The number of rotatable bonds is 3. The molecule has 0 bridgehead atoms. The summed E-state index contributed by atoms with van der Waals surface area (Å²) in [5, 5.41) is 12.3. The van der Waals surface area contributed by atoms with Crippen molar-refractivity contribution in [2.45, 2.75) is 38.6 Å². The molecule has 0 spiro atoms. The van der Waals surface area contributed by atoms with Crippen LogP contribution in [0.25, 0.3) is 0 Å². The van der Waals surface area contributed by atoms with E-state index in [2.05, 4.69) is 35.1 Å². The Bertz CT molecular complexity index is 491. The minimum absolute atomic E-state index is 0.0325. The van der Waals surface area contributed by atoms with Gasteiger partial charge >= 0.3 is 6.03 Å². The molecule has 0 aliphatic carbocycles. The van der Waals surface area contributed by atoms with Crippen LogP contribution in [0.2, 0.25) is 0 Å². The third kappa shape index (κ3) is 3.33. The molecule has 2 amide bonds. The molecule has 1 heterocycles. The highest BCUT2D eigenvalue weighted by Crippen LogP contribution is 2.28. The number of likely N-dealkylation sites (tertiary alicyclic amines) is 1. The maximum Gasteiger partial charge on any atom is 0.322 e. The van der Waals surface area contributed by atoms with E-state index in [1.807, 2.05) is 18.2 Å². The molecular weight excluding hydrogens is 320 g/mol. The largest absolute Gasteiger partial charge is 0.394 e. The number of aliphatic hydroxyl groups excluding tert-OH is 1.